The fourth-order valence-corrected chi connectivity index (χ4v) is 2.91. The van der Waals surface area contributed by atoms with Crippen LogP contribution in [0.3, 0.4) is 0 Å². The highest BCUT2D eigenvalue weighted by molar-refractivity contribution is 14.0. The minimum absolute atomic E-state index is 0. The average molecular weight is 550 g/mol. The monoisotopic (exact) mass is 550 g/mol. The molecule has 3 aromatic rings. The van der Waals surface area contributed by atoms with Gasteiger partial charge in [0.25, 0.3) is 0 Å². The highest BCUT2D eigenvalue weighted by atomic mass is 127. The van der Waals surface area contributed by atoms with E-state index in [1.54, 1.807) is 19.2 Å². The number of nitrogens with one attached hydrogen (secondary N) is 2. The summed E-state index contributed by atoms with van der Waals surface area (Å²) < 4.78 is 11.3. The molecule has 32 heavy (non-hydrogen) atoms. The molecule has 0 fully saturated rings. The Bertz CT molecular complexity index is 972. The average Bonchev–Trinajstić information content (AvgIpc) is 3.23. The number of ether oxygens (including phenoxy) is 1. The van der Waals surface area contributed by atoms with E-state index in [9.17, 15) is 5.11 Å². The third kappa shape index (κ3) is 7.83. The van der Waals surface area contributed by atoms with Crippen molar-refractivity contribution in [2.24, 2.45) is 4.99 Å². The van der Waals surface area contributed by atoms with E-state index in [1.807, 2.05) is 62.4 Å². The van der Waals surface area contributed by atoms with Crippen molar-refractivity contribution in [2.45, 2.75) is 39.5 Å². The van der Waals surface area contributed by atoms with E-state index in [0.29, 0.717) is 31.4 Å². The first-order valence-corrected chi connectivity index (χ1v) is 10.4. The number of aliphatic imine (C=N–C) groups is 1. The first-order chi connectivity index (χ1) is 15.0. The summed E-state index contributed by atoms with van der Waals surface area (Å²) in [5.41, 5.74) is 0.797. The Labute approximate surface area is 206 Å². The van der Waals surface area contributed by atoms with Crippen molar-refractivity contribution in [3.05, 3.63) is 83.6 Å². The second kappa shape index (κ2) is 12.4. The highest BCUT2D eigenvalue weighted by Gasteiger charge is 2.27. The lowest BCUT2D eigenvalue weighted by Crippen LogP contribution is -2.44. The number of aromatic nitrogens is 1. The smallest absolute Gasteiger partial charge is 0.191 e. The van der Waals surface area contributed by atoms with Crippen LogP contribution in [0.4, 0.5) is 0 Å². The van der Waals surface area contributed by atoms with E-state index in [0.717, 1.165) is 22.8 Å². The predicted octanol–water partition coefficient (Wildman–Crippen LogP) is 4.14. The summed E-state index contributed by atoms with van der Waals surface area (Å²) in [4.78, 5) is 8.86. The molecule has 2 aromatic heterocycles. The topological polar surface area (TPSA) is 91.9 Å². The van der Waals surface area contributed by atoms with E-state index in [1.165, 1.54) is 0 Å². The maximum Gasteiger partial charge on any atom is 0.191 e. The van der Waals surface area contributed by atoms with Crippen LogP contribution in [0.15, 0.2) is 70.2 Å². The van der Waals surface area contributed by atoms with Crippen molar-refractivity contribution >= 4 is 29.9 Å². The molecule has 0 radical (unpaired) electrons. The number of halogens is 1. The second-order valence-corrected chi connectivity index (χ2v) is 7.49. The Morgan fingerprint density at radius 2 is 1.91 bits per heavy atom. The van der Waals surface area contributed by atoms with Crippen molar-refractivity contribution in [3.8, 4) is 5.75 Å². The minimum atomic E-state index is -1.14. The molecule has 0 saturated carbocycles. The van der Waals surface area contributed by atoms with Gasteiger partial charge in [0.2, 0.25) is 0 Å². The molecular weight excluding hydrogens is 519 g/mol. The number of pyridine rings is 1. The van der Waals surface area contributed by atoms with Gasteiger partial charge in [-0.25, -0.2) is 4.99 Å². The lowest BCUT2D eigenvalue weighted by molar-refractivity contribution is 0.0378. The van der Waals surface area contributed by atoms with Gasteiger partial charge >= 0.3 is 0 Å². The van der Waals surface area contributed by atoms with Crippen molar-refractivity contribution < 1.29 is 14.3 Å². The molecule has 0 saturated heterocycles. The van der Waals surface area contributed by atoms with Crippen LogP contribution in [0.1, 0.15) is 36.6 Å². The standard InChI is InChI=1S/C24H30N4O3.HI/c1-4-25-23(28-17-24(3,29)22-13-8-18(2)31-22)27-15-19-9-11-21(12-10-19)30-16-20-7-5-6-14-26-20;/h5-14,29H,4,15-17H2,1-3H3,(H2,25,27,28);1H. The molecule has 7 nitrogen and oxygen atoms in total. The van der Waals surface area contributed by atoms with Gasteiger partial charge in [0.1, 0.15) is 29.5 Å². The van der Waals surface area contributed by atoms with Gasteiger partial charge in [0.15, 0.2) is 5.96 Å². The third-order valence-corrected chi connectivity index (χ3v) is 4.67. The van der Waals surface area contributed by atoms with Crippen LogP contribution in [-0.4, -0.2) is 29.1 Å². The zero-order valence-corrected chi connectivity index (χ0v) is 21.0. The molecule has 1 aromatic carbocycles. The van der Waals surface area contributed by atoms with E-state index < -0.39 is 5.60 Å². The number of guanidine groups is 1. The van der Waals surface area contributed by atoms with Gasteiger partial charge in [0, 0.05) is 12.7 Å². The molecule has 0 bridgehead atoms. The summed E-state index contributed by atoms with van der Waals surface area (Å²) in [6.45, 7) is 7.48. The molecule has 2 heterocycles. The van der Waals surface area contributed by atoms with E-state index in [-0.39, 0.29) is 30.5 Å². The second-order valence-electron chi connectivity index (χ2n) is 7.49. The summed E-state index contributed by atoms with van der Waals surface area (Å²) in [6, 6.07) is 17.2. The summed E-state index contributed by atoms with van der Waals surface area (Å²) >= 11 is 0. The van der Waals surface area contributed by atoms with E-state index >= 15 is 0 Å². The SMILES string of the molecule is CCNC(=NCc1ccc(OCc2ccccn2)cc1)NCC(C)(O)c1ccc(C)o1.I. The van der Waals surface area contributed by atoms with Crippen molar-refractivity contribution in [3.63, 3.8) is 0 Å². The van der Waals surface area contributed by atoms with Crippen LogP contribution in [0, 0.1) is 6.92 Å². The molecule has 0 amide bonds. The zero-order chi connectivity index (χ0) is 22.1. The van der Waals surface area contributed by atoms with Crippen molar-refractivity contribution in [1.29, 1.82) is 0 Å². The van der Waals surface area contributed by atoms with Crippen LogP contribution in [0.5, 0.6) is 5.75 Å². The summed E-state index contributed by atoms with van der Waals surface area (Å²) in [6.07, 6.45) is 1.75. The maximum absolute atomic E-state index is 10.7. The van der Waals surface area contributed by atoms with Gasteiger partial charge in [0.05, 0.1) is 18.8 Å². The van der Waals surface area contributed by atoms with Crippen molar-refractivity contribution in [2.75, 3.05) is 13.1 Å². The Kier molecular flexibility index (Phi) is 9.98. The molecule has 1 atom stereocenters. The molecule has 0 aliphatic heterocycles. The van der Waals surface area contributed by atoms with Crippen LogP contribution in [0.25, 0.3) is 0 Å². The van der Waals surface area contributed by atoms with Crippen LogP contribution >= 0.6 is 24.0 Å². The molecule has 0 spiro atoms. The van der Waals surface area contributed by atoms with Gasteiger partial charge in [-0.1, -0.05) is 18.2 Å². The number of nitrogens with zero attached hydrogens (tertiary/aromatic N) is 2. The number of furan rings is 1. The largest absolute Gasteiger partial charge is 0.487 e. The number of hydrogen-bond donors (Lipinski definition) is 3. The molecule has 0 aliphatic rings. The lowest BCUT2D eigenvalue weighted by Gasteiger charge is -2.22. The maximum atomic E-state index is 10.7. The van der Waals surface area contributed by atoms with Gasteiger partial charge in [-0.3, -0.25) is 4.98 Å². The lowest BCUT2D eigenvalue weighted by atomic mass is 10.0. The number of benzene rings is 1. The number of rotatable bonds is 9. The van der Waals surface area contributed by atoms with Gasteiger partial charge in [-0.15, -0.1) is 24.0 Å². The first kappa shape index (κ1) is 25.7. The third-order valence-electron chi connectivity index (χ3n) is 4.67. The van der Waals surface area contributed by atoms with Crippen LogP contribution < -0.4 is 15.4 Å². The molecule has 8 heteroatoms. The highest BCUT2D eigenvalue weighted by Crippen LogP contribution is 2.22. The fourth-order valence-electron chi connectivity index (χ4n) is 2.91. The Hall–Kier alpha value is -2.59. The molecule has 3 rings (SSSR count). The zero-order valence-electron chi connectivity index (χ0n) is 18.7. The molecule has 172 valence electrons. The minimum Gasteiger partial charge on any atom is -0.487 e. The number of aryl methyl sites for hydroxylation is 1. The summed E-state index contributed by atoms with van der Waals surface area (Å²) in [5, 5.41) is 17.1. The van der Waals surface area contributed by atoms with E-state index in [4.69, 9.17) is 9.15 Å². The number of aliphatic hydroxyl groups is 1. The Balaban J connectivity index is 0.00000363. The van der Waals surface area contributed by atoms with Gasteiger partial charge in [-0.2, -0.15) is 0 Å². The molecule has 3 N–H and O–H groups in total. The first-order valence-electron chi connectivity index (χ1n) is 10.4. The van der Waals surface area contributed by atoms with Crippen molar-refractivity contribution in [1.82, 2.24) is 15.6 Å². The Morgan fingerprint density at radius 3 is 2.53 bits per heavy atom. The van der Waals surface area contributed by atoms with E-state index in [2.05, 4.69) is 20.6 Å². The normalized spacial score (nSPS) is 13.1. The van der Waals surface area contributed by atoms with Crippen LogP contribution in [0.2, 0.25) is 0 Å². The quantitative estimate of drug-likeness (QED) is 0.211. The molecule has 1 unspecified atom stereocenters. The summed E-state index contributed by atoms with van der Waals surface area (Å²) in [5.74, 6) is 2.70. The van der Waals surface area contributed by atoms with Crippen LogP contribution in [-0.2, 0) is 18.8 Å². The Morgan fingerprint density at radius 1 is 1.12 bits per heavy atom. The molecular formula is C24H31IN4O3. The summed E-state index contributed by atoms with van der Waals surface area (Å²) in [7, 11) is 0. The fraction of sp³-hybridized carbons (Fsp3) is 0.333. The van der Waals surface area contributed by atoms with Gasteiger partial charge < -0.3 is 24.9 Å². The number of hydrogen-bond acceptors (Lipinski definition) is 5. The predicted molar refractivity (Wildman–Crippen MR) is 136 cm³/mol. The van der Waals surface area contributed by atoms with Gasteiger partial charge in [-0.05, 0) is 62.7 Å². The molecule has 0 aliphatic carbocycles.